The highest BCUT2D eigenvalue weighted by molar-refractivity contribution is 9.10. The molecule has 20 heavy (non-hydrogen) atoms. The molecule has 0 spiro atoms. The Hall–Kier alpha value is -1.81. The maximum Gasteiger partial charge on any atom is 0.151 e. The minimum absolute atomic E-state index is 0.656. The Morgan fingerprint density at radius 2 is 2.05 bits per heavy atom. The van der Waals surface area contributed by atoms with E-state index in [-0.39, 0.29) is 0 Å². The van der Waals surface area contributed by atoms with E-state index in [9.17, 15) is 4.79 Å². The molecule has 0 aliphatic rings. The first-order valence-electron chi connectivity index (χ1n) is 6.23. The average Bonchev–Trinajstić information content (AvgIpc) is 2.47. The van der Waals surface area contributed by atoms with E-state index in [4.69, 9.17) is 4.74 Å². The number of nitrogens with zero attached hydrogens (tertiary/aromatic N) is 1. The van der Waals surface area contributed by atoms with Gasteiger partial charge in [-0.25, -0.2) is 0 Å². The third-order valence-corrected chi connectivity index (χ3v) is 3.79. The fourth-order valence-electron chi connectivity index (χ4n) is 1.99. The van der Waals surface area contributed by atoms with E-state index in [1.807, 2.05) is 43.4 Å². The Balaban J connectivity index is 2.16. The molecular formula is C16H16BrNO2. The van der Waals surface area contributed by atoms with Crippen molar-refractivity contribution in [3.8, 4) is 5.75 Å². The van der Waals surface area contributed by atoms with Gasteiger partial charge in [0.05, 0.1) is 7.11 Å². The van der Waals surface area contributed by atoms with Crippen molar-refractivity contribution in [3.63, 3.8) is 0 Å². The van der Waals surface area contributed by atoms with Crippen LogP contribution in [0.1, 0.15) is 15.9 Å². The smallest absolute Gasteiger partial charge is 0.151 e. The van der Waals surface area contributed by atoms with Crippen molar-refractivity contribution >= 4 is 27.9 Å². The molecule has 0 radical (unpaired) electrons. The zero-order chi connectivity index (χ0) is 14.5. The fourth-order valence-corrected chi connectivity index (χ4v) is 2.45. The fraction of sp³-hybridized carbons (Fsp3) is 0.188. The summed E-state index contributed by atoms with van der Waals surface area (Å²) in [4.78, 5) is 12.9. The second-order valence-corrected chi connectivity index (χ2v) is 5.39. The quantitative estimate of drug-likeness (QED) is 0.777. The molecule has 0 unspecified atom stereocenters. The standard InChI is InChI=1S/C16H16BrNO2/c1-18(10-12-4-3-5-15(8-12)20-2)14-7-6-13(11-19)16(17)9-14/h3-9,11H,10H2,1-2H3. The number of rotatable bonds is 5. The Kier molecular flexibility index (Phi) is 4.79. The Morgan fingerprint density at radius 3 is 2.70 bits per heavy atom. The number of hydrogen-bond acceptors (Lipinski definition) is 3. The first-order chi connectivity index (χ1) is 9.63. The van der Waals surface area contributed by atoms with Gasteiger partial charge in [0.25, 0.3) is 0 Å². The number of carbonyl (C=O) groups is 1. The monoisotopic (exact) mass is 333 g/mol. The third kappa shape index (κ3) is 3.39. The second kappa shape index (κ2) is 6.57. The number of ether oxygens (including phenoxy) is 1. The summed E-state index contributed by atoms with van der Waals surface area (Å²) in [7, 11) is 3.68. The van der Waals surface area contributed by atoms with Gasteiger partial charge < -0.3 is 9.64 Å². The van der Waals surface area contributed by atoms with E-state index < -0.39 is 0 Å². The van der Waals surface area contributed by atoms with Crippen molar-refractivity contribution in [1.29, 1.82) is 0 Å². The van der Waals surface area contributed by atoms with Crippen LogP contribution in [0.3, 0.4) is 0 Å². The third-order valence-electron chi connectivity index (χ3n) is 3.11. The molecule has 0 atom stereocenters. The molecular weight excluding hydrogens is 318 g/mol. The molecule has 0 aliphatic carbocycles. The number of hydrogen-bond donors (Lipinski definition) is 0. The van der Waals surface area contributed by atoms with Gasteiger partial charge in [0.2, 0.25) is 0 Å². The van der Waals surface area contributed by atoms with E-state index in [0.29, 0.717) is 5.56 Å². The summed E-state index contributed by atoms with van der Waals surface area (Å²) in [5, 5.41) is 0. The van der Waals surface area contributed by atoms with E-state index in [1.165, 1.54) is 5.56 Å². The lowest BCUT2D eigenvalue weighted by Gasteiger charge is -2.20. The molecule has 0 saturated carbocycles. The molecule has 0 N–H and O–H groups in total. The second-order valence-electron chi connectivity index (χ2n) is 4.53. The summed E-state index contributed by atoms with van der Waals surface area (Å²) >= 11 is 3.41. The topological polar surface area (TPSA) is 29.5 Å². The van der Waals surface area contributed by atoms with E-state index in [2.05, 4.69) is 26.9 Å². The molecule has 2 rings (SSSR count). The average molecular weight is 334 g/mol. The van der Waals surface area contributed by atoms with Gasteiger partial charge in [0.15, 0.2) is 6.29 Å². The van der Waals surface area contributed by atoms with Gasteiger partial charge in [-0.2, -0.15) is 0 Å². The molecule has 2 aromatic carbocycles. The molecule has 0 aromatic heterocycles. The van der Waals surface area contributed by atoms with Gasteiger partial charge in [0.1, 0.15) is 5.75 Å². The predicted octanol–water partition coefficient (Wildman–Crippen LogP) is 3.91. The lowest BCUT2D eigenvalue weighted by atomic mass is 10.1. The number of benzene rings is 2. The lowest BCUT2D eigenvalue weighted by Crippen LogP contribution is -2.16. The highest BCUT2D eigenvalue weighted by Gasteiger charge is 2.06. The highest BCUT2D eigenvalue weighted by Crippen LogP contribution is 2.24. The van der Waals surface area contributed by atoms with Gasteiger partial charge in [-0.1, -0.05) is 12.1 Å². The number of methoxy groups -OCH3 is 1. The molecule has 3 nitrogen and oxygen atoms in total. The zero-order valence-electron chi connectivity index (χ0n) is 11.5. The van der Waals surface area contributed by atoms with Crippen LogP contribution in [0, 0.1) is 0 Å². The van der Waals surface area contributed by atoms with E-state index >= 15 is 0 Å². The van der Waals surface area contributed by atoms with Crippen LogP contribution in [-0.2, 0) is 6.54 Å². The summed E-state index contributed by atoms with van der Waals surface area (Å²) in [6.07, 6.45) is 0.843. The van der Waals surface area contributed by atoms with Crippen molar-refractivity contribution < 1.29 is 9.53 Å². The van der Waals surface area contributed by atoms with E-state index in [1.54, 1.807) is 7.11 Å². The molecule has 104 valence electrons. The number of aldehydes is 1. The van der Waals surface area contributed by atoms with Gasteiger partial charge >= 0.3 is 0 Å². The van der Waals surface area contributed by atoms with Crippen molar-refractivity contribution in [2.75, 3.05) is 19.1 Å². The number of halogens is 1. The summed E-state index contributed by atoms with van der Waals surface area (Å²) in [5.41, 5.74) is 2.87. The number of anilines is 1. The van der Waals surface area contributed by atoms with Crippen molar-refractivity contribution in [2.45, 2.75) is 6.54 Å². The van der Waals surface area contributed by atoms with Crippen LogP contribution in [0.2, 0.25) is 0 Å². The molecule has 4 heteroatoms. The van der Waals surface area contributed by atoms with Crippen molar-refractivity contribution in [1.82, 2.24) is 0 Å². The maximum absolute atomic E-state index is 10.8. The predicted molar refractivity (Wildman–Crippen MR) is 84.6 cm³/mol. The van der Waals surface area contributed by atoms with Crippen LogP contribution in [0.5, 0.6) is 5.75 Å². The summed E-state index contributed by atoms with van der Waals surface area (Å²) in [6, 6.07) is 13.7. The molecule has 0 bridgehead atoms. The normalized spacial score (nSPS) is 10.2. The minimum Gasteiger partial charge on any atom is -0.497 e. The van der Waals surface area contributed by atoms with Gasteiger partial charge in [0, 0.05) is 29.3 Å². The van der Waals surface area contributed by atoms with Crippen LogP contribution >= 0.6 is 15.9 Å². The van der Waals surface area contributed by atoms with Gasteiger partial charge in [-0.15, -0.1) is 0 Å². The van der Waals surface area contributed by atoms with Crippen molar-refractivity contribution in [2.24, 2.45) is 0 Å². The van der Waals surface area contributed by atoms with Crippen LogP contribution in [0.4, 0.5) is 5.69 Å². The van der Waals surface area contributed by atoms with Gasteiger partial charge in [-0.05, 0) is 51.8 Å². The van der Waals surface area contributed by atoms with Crippen LogP contribution in [0.15, 0.2) is 46.9 Å². The summed E-state index contributed by atoms with van der Waals surface area (Å²) < 4.78 is 6.03. The molecule has 2 aromatic rings. The molecule has 0 aliphatic heterocycles. The van der Waals surface area contributed by atoms with Crippen molar-refractivity contribution in [3.05, 3.63) is 58.1 Å². The van der Waals surface area contributed by atoms with Crippen LogP contribution in [0.25, 0.3) is 0 Å². The Bertz CT molecular complexity index is 613. The van der Waals surface area contributed by atoms with Gasteiger partial charge in [-0.3, -0.25) is 4.79 Å². The highest BCUT2D eigenvalue weighted by atomic mass is 79.9. The molecule has 0 fully saturated rings. The molecule has 0 amide bonds. The minimum atomic E-state index is 0.656. The first-order valence-corrected chi connectivity index (χ1v) is 7.02. The summed E-state index contributed by atoms with van der Waals surface area (Å²) in [5.74, 6) is 0.855. The maximum atomic E-state index is 10.8. The molecule has 0 saturated heterocycles. The Morgan fingerprint density at radius 1 is 1.25 bits per heavy atom. The lowest BCUT2D eigenvalue weighted by molar-refractivity contribution is 0.112. The SMILES string of the molecule is COc1cccc(CN(C)c2ccc(C=O)c(Br)c2)c1. The largest absolute Gasteiger partial charge is 0.497 e. The molecule has 0 heterocycles. The van der Waals surface area contributed by atoms with Crippen LogP contribution < -0.4 is 9.64 Å². The van der Waals surface area contributed by atoms with Crippen LogP contribution in [-0.4, -0.2) is 20.4 Å². The Labute approximate surface area is 127 Å². The first kappa shape index (κ1) is 14.6. The summed E-state index contributed by atoms with van der Waals surface area (Å²) in [6.45, 7) is 0.768. The van der Waals surface area contributed by atoms with E-state index in [0.717, 1.165) is 28.7 Å². The zero-order valence-corrected chi connectivity index (χ0v) is 13.1. The number of carbonyl (C=O) groups excluding carboxylic acids is 1.